The number of para-hydroxylation sites is 1. The number of benzene rings is 1. The summed E-state index contributed by atoms with van der Waals surface area (Å²) in [5.74, 6) is -0.0180. The van der Waals surface area contributed by atoms with Gasteiger partial charge in [-0.2, -0.15) is 0 Å². The van der Waals surface area contributed by atoms with Crippen molar-refractivity contribution in [3.8, 4) is 17.2 Å². The van der Waals surface area contributed by atoms with Gasteiger partial charge in [-0.05, 0) is 26.0 Å². The normalized spacial score (nSPS) is 10.9. The van der Waals surface area contributed by atoms with E-state index in [1.807, 2.05) is 0 Å². The third-order valence-corrected chi connectivity index (χ3v) is 2.40. The van der Waals surface area contributed by atoms with E-state index in [2.05, 4.69) is 0 Å². The van der Waals surface area contributed by atoms with Gasteiger partial charge in [-0.25, -0.2) is 4.79 Å². The molecule has 1 aromatic carbocycles. The van der Waals surface area contributed by atoms with Gasteiger partial charge >= 0.3 is 5.63 Å². The third-order valence-electron chi connectivity index (χ3n) is 2.40. The quantitative estimate of drug-likeness (QED) is 0.846. The van der Waals surface area contributed by atoms with Crippen LogP contribution in [-0.4, -0.2) is 18.3 Å². The Bertz CT molecular complexity index is 627. The van der Waals surface area contributed by atoms with E-state index < -0.39 is 5.63 Å². The first-order chi connectivity index (χ1) is 8.54. The molecule has 1 aromatic heterocycles. The molecule has 96 valence electrons. The van der Waals surface area contributed by atoms with E-state index in [0.29, 0.717) is 11.1 Å². The Labute approximate surface area is 104 Å². The zero-order valence-corrected chi connectivity index (χ0v) is 10.4. The maximum Gasteiger partial charge on any atom is 0.383 e. The van der Waals surface area contributed by atoms with Crippen LogP contribution < -0.4 is 15.1 Å². The summed E-state index contributed by atoms with van der Waals surface area (Å²) in [5, 5.41) is 10.4. The van der Waals surface area contributed by atoms with Gasteiger partial charge in [0.2, 0.25) is 5.75 Å². The van der Waals surface area contributed by atoms with Crippen LogP contribution in [-0.2, 0) is 0 Å². The molecule has 0 amide bonds. The fourth-order valence-corrected chi connectivity index (χ4v) is 1.67. The number of aromatic hydroxyl groups is 1. The lowest BCUT2D eigenvalue weighted by Gasteiger charge is -2.11. The van der Waals surface area contributed by atoms with Gasteiger partial charge in [0.15, 0.2) is 17.1 Å². The van der Waals surface area contributed by atoms with Crippen molar-refractivity contribution in [3.63, 3.8) is 0 Å². The zero-order valence-electron chi connectivity index (χ0n) is 10.4. The van der Waals surface area contributed by atoms with E-state index in [9.17, 15) is 9.90 Å². The van der Waals surface area contributed by atoms with Crippen LogP contribution in [0.3, 0.4) is 0 Å². The van der Waals surface area contributed by atoms with E-state index in [4.69, 9.17) is 13.9 Å². The fraction of sp³-hybridized carbons (Fsp3) is 0.308. The molecule has 0 fully saturated rings. The Morgan fingerprint density at radius 3 is 2.67 bits per heavy atom. The summed E-state index contributed by atoms with van der Waals surface area (Å²) >= 11 is 0. The molecule has 0 unspecified atom stereocenters. The maximum absolute atomic E-state index is 11.8. The first-order valence-corrected chi connectivity index (χ1v) is 5.54. The largest absolute Gasteiger partial charge is 0.504 e. The summed E-state index contributed by atoms with van der Waals surface area (Å²) in [4.78, 5) is 11.8. The zero-order chi connectivity index (χ0) is 13.3. The maximum atomic E-state index is 11.8. The van der Waals surface area contributed by atoms with E-state index >= 15 is 0 Å². The molecule has 2 aromatic rings. The first-order valence-electron chi connectivity index (χ1n) is 5.54. The second-order valence-corrected chi connectivity index (χ2v) is 4.07. The lowest BCUT2D eigenvalue weighted by molar-refractivity contribution is 0.221. The molecule has 2 rings (SSSR count). The van der Waals surface area contributed by atoms with Gasteiger partial charge < -0.3 is 19.0 Å². The molecule has 0 aliphatic heterocycles. The SMILES string of the molecule is COc1cccc2c(O)c(OC(C)C)c(=O)oc12. The highest BCUT2D eigenvalue weighted by Gasteiger charge is 2.18. The Kier molecular flexibility index (Phi) is 3.14. The van der Waals surface area contributed by atoms with Crippen LogP contribution in [0.25, 0.3) is 11.0 Å². The lowest BCUT2D eigenvalue weighted by atomic mass is 10.2. The lowest BCUT2D eigenvalue weighted by Crippen LogP contribution is -2.13. The molecular weight excluding hydrogens is 236 g/mol. The molecule has 0 radical (unpaired) electrons. The summed E-state index contributed by atoms with van der Waals surface area (Å²) in [6.45, 7) is 3.52. The van der Waals surface area contributed by atoms with Gasteiger partial charge in [-0.15, -0.1) is 0 Å². The Morgan fingerprint density at radius 2 is 2.06 bits per heavy atom. The summed E-state index contributed by atoms with van der Waals surface area (Å²) in [5.41, 5.74) is -0.517. The standard InChI is InChI=1S/C13H14O5/c1-7(2)17-12-10(14)8-5-4-6-9(16-3)11(8)18-13(12)15/h4-7,14H,1-3H3. The van der Waals surface area contributed by atoms with E-state index in [0.717, 1.165) is 0 Å². The van der Waals surface area contributed by atoms with Gasteiger partial charge in [0.25, 0.3) is 0 Å². The van der Waals surface area contributed by atoms with Crippen molar-refractivity contribution in [2.24, 2.45) is 0 Å². The second-order valence-electron chi connectivity index (χ2n) is 4.07. The van der Waals surface area contributed by atoms with Crippen LogP contribution in [0.2, 0.25) is 0 Å². The summed E-state index contributed by atoms with van der Waals surface area (Å²) < 4.78 is 15.5. The molecule has 0 atom stereocenters. The van der Waals surface area contributed by atoms with E-state index in [1.165, 1.54) is 7.11 Å². The molecule has 5 heteroatoms. The third kappa shape index (κ3) is 1.99. The van der Waals surface area contributed by atoms with Crippen molar-refractivity contribution in [1.29, 1.82) is 0 Å². The molecule has 0 aliphatic carbocycles. The highest BCUT2D eigenvalue weighted by Crippen LogP contribution is 2.35. The molecule has 0 saturated carbocycles. The van der Waals surface area contributed by atoms with Crippen molar-refractivity contribution in [3.05, 3.63) is 28.6 Å². The predicted octanol–water partition coefficient (Wildman–Crippen LogP) is 2.29. The molecule has 18 heavy (non-hydrogen) atoms. The van der Waals surface area contributed by atoms with Crippen molar-refractivity contribution in [1.82, 2.24) is 0 Å². The summed E-state index contributed by atoms with van der Waals surface area (Å²) in [7, 11) is 1.46. The average Bonchev–Trinajstić information content (AvgIpc) is 2.33. The average molecular weight is 250 g/mol. The van der Waals surface area contributed by atoms with Gasteiger partial charge in [0.1, 0.15) is 0 Å². The Hall–Kier alpha value is -2.17. The van der Waals surface area contributed by atoms with Crippen LogP contribution in [0, 0.1) is 0 Å². The minimum Gasteiger partial charge on any atom is -0.504 e. The molecule has 0 saturated heterocycles. The smallest absolute Gasteiger partial charge is 0.383 e. The highest BCUT2D eigenvalue weighted by molar-refractivity contribution is 5.89. The Balaban J connectivity index is 2.75. The summed E-state index contributed by atoms with van der Waals surface area (Å²) in [6, 6.07) is 4.97. The fourth-order valence-electron chi connectivity index (χ4n) is 1.67. The number of hydrogen-bond donors (Lipinski definition) is 1. The van der Waals surface area contributed by atoms with Gasteiger partial charge in [-0.3, -0.25) is 0 Å². The molecular formula is C13H14O5. The van der Waals surface area contributed by atoms with E-state index in [-0.39, 0.29) is 23.2 Å². The summed E-state index contributed by atoms with van der Waals surface area (Å²) in [6.07, 6.45) is -0.234. The Morgan fingerprint density at radius 1 is 1.33 bits per heavy atom. The van der Waals surface area contributed by atoms with Crippen molar-refractivity contribution >= 4 is 11.0 Å². The predicted molar refractivity (Wildman–Crippen MR) is 66.5 cm³/mol. The van der Waals surface area contributed by atoms with E-state index in [1.54, 1.807) is 32.0 Å². The van der Waals surface area contributed by atoms with Crippen molar-refractivity contribution < 1.29 is 19.0 Å². The van der Waals surface area contributed by atoms with Crippen LogP contribution >= 0.6 is 0 Å². The number of rotatable bonds is 3. The van der Waals surface area contributed by atoms with Gasteiger partial charge in [-0.1, -0.05) is 6.07 Å². The second kappa shape index (κ2) is 4.60. The highest BCUT2D eigenvalue weighted by atomic mass is 16.5. The minimum absolute atomic E-state index is 0.175. The van der Waals surface area contributed by atoms with Gasteiger partial charge in [0.05, 0.1) is 18.6 Å². The molecule has 1 heterocycles. The molecule has 5 nitrogen and oxygen atoms in total. The minimum atomic E-state index is -0.724. The van der Waals surface area contributed by atoms with Crippen molar-refractivity contribution in [2.45, 2.75) is 20.0 Å². The molecule has 0 aliphatic rings. The molecule has 0 spiro atoms. The molecule has 1 N–H and O–H groups in total. The van der Waals surface area contributed by atoms with Crippen LogP contribution in [0.15, 0.2) is 27.4 Å². The number of fused-ring (bicyclic) bond motifs is 1. The first kappa shape index (κ1) is 12.3. The van der Waals surface area contributed by atoms with Gasteiger partial charge in [0, 0.05) is 0 Å². The monoisotopic (exact) mass is 250 g/mol. The van der Waals surface area contributed by atoms with Crippen LogP contribution in [0.4, 0.5) is 0 Å². The van der Waals surface area contributed by atoms with Crippen LogP contribution in [0.1, 0.15) is 13.8 Å². The number of ether oxygens (including phenoxy) is 2. The van der Waals surface area contributed by atoms with Crippen LogP contribution in [0.5, 0.6) is 17.2 Å². The number of hydrogen-bond acceptors (Lipinski definition) is 5. The van der Waals surface area contributed by atoms with Crippen molar-refractivity contribution in [2.75, 3.05) is 7.11 Å². The topological polar surface area (TPSA) is 68.9 Å². The number of methoxy groups -OCH3 is 1. The molecule has 0 bridgehead atoms.